The number of amides is 1. The molecule has 0 aliphatic carbocycles. The fourth-order valence-electron chi connectivity index (χ4n) is 2.70. The van der Waals surface area contributed by atoms with Crippen molar-refractivity contribution in [2.75, 3.05) is 5.73 Å². The molecule has 0 bridgehead atoms. The molecule has 0 unspecified atom stereocenters. The molecule has 0 spiro atoms. The second-order valence-corrected chi connectivity index (χ2v) is 7.25. The van der Waals surface area contributed by atoms with Gasteiger partial charge in [0.05, 0.1) is 0 Å². The molecule has 1 amide bonds. The van der Waals surface area contributed by atoms with E-state index >= 15 is 0 Å². The van der Waals surface area contributed by atoms with Gasteiger partial charge in [-0.1, -0.05) is 46.3 Å². The van der Waals surface area contributed by atoms with Crippen LogP contribution in [-0.4, -0.2) is 11.7 Å². The normalized spacial score (nSPS) is 10.5. The van der Waals surface area contributed by atoms with Gasteiger partial charge >= 0.3 is 0 Å². The Morgan fingerprint density at radius 1 is 0.929 bits per heavy atom. The van der Waals surface area contributed by atoms with Gasteiger partial charge in [0.1, 0.15) is 5.82 Å². The lowest BCUT2D eigenvalue weighted by molar-refractivity contribution is 0.0948. The molecule has 28 heavy (non-hydrogen) atoms. The Labute approximate surface area is 170 Å². The van der Waals surface area contributed by atoms with Gasteiger partial charge in [0.25, 0.3) is 5.91 Å². The summed E-state index contributed by atoms with van der Waals surface area (Å²) in [4.78, 5) is 24.7. The van der Waals surface area contributed by atoms with Crippen LogP contribution in [0.3, 0.4) is 0 Å². The lowest BCUT2D eigenvalue weighted by atomic mass is 10.0. The van der Waals surface area contributed by atoms with Crippen LogP contribution in [0.5, 0.6) is 0 Å². The molecule has 3 aromatic rings. The SMILES string of the molecule is Nc1cc(F)ccc1CC(=O)c1ccc(C(=O)NCc2ccc(Br)cc2)cc1. The zero-order valence-corrected chi connectivity index (χ0v) is 16.5. The fraction of sp³-hybridized carbons (Fsp3) is 0.0909. The van der Waals surface area contributed by atoms with Crippen LogP contribution in [0.1, 0.15) is 31.8 Å². The van der Waals surface area contributed by atoms with E-state index in [9.17, 15) is 14.0 Å². The lowest BCUT2D eigenvalue weighted by Crippen LogP contribution is -2.22. The van der Waals surface area contributed by atoms with Gasteiger partial charge in [-0.05, 0) is 47.5 Å². The summed E-state index contributed by atoms with van der Waals surface area (Å²) in [6.45, 7) is 0.413. The van der Waals surface area contributed by atoms with Crippen LogP contribution in [0.15, 0.2) is 71.2 Å². The number of hydrogen-bond acceptors (Lipinski definition) is 3. The average Bonchev–Trinajstić information content (AvgIpc) is 2.69. The first-order valence-electron chi connectivity index (χ1n) is 8.62. The van der Waals surface area contributed by atoms with Gasteiger partial charge in [-0.3, -0.25) is 9.59 Å². The molecule has 0 radical (unpaired) electrons. The summed E-state index contributed by atoms with van der Waals surface area (Å²) in [5, 5.41) is 2.84. The zero-order valence-electron chi connectivity index (χ0n) is 14.9. The molecule has 0 fully saturated rings. The van der Waals surface area contributed by atoms with Gasteiger partial charge < -0.3 is 11.1 Å². The van der Waals surface area contributed by atoms with E-state index in [1.54, 1.807) is 24.3 Å². The summed E-state index contributed by atoms with van der Waals surface area (Å²) in [5.74, 6) is -0.808. The first kappa shape index (κ1) is 19.8. The number of rotatable bonds is 6. The van der Waals surface area contributed by atoms with Gasteiger partial charge in [-0.2, -0.15) is 0 Å². The van der Waals surface area contributed by atoms with Gasteiger partial charge in [-0.25, -0.2) is 4.39 Å². The first-order valence-corrected chi connectivity index (χ1v) is 9.41. The second-order valence-electron chi connectivity index (χ2n) is 6.33. The van der Waals surface area contributed by atoms with Crippen molar-refractivity contribution in [3.63, 3.8) is 0 Å². The summed E-state index contributed by atoms with van der Waals surface area (Å²) in [5.41, 5.74) is 8.49. The molecule has 0 atom stereocenters. The molecule has 0 aromatic heterocycles. The molecule has 3 aromatic carbocycles. The maximum atomic E-state index is 13.1. The van der Waals surface area contributed by atoms with E-state index in [2.05, 4.69) is 21.2 Å². The summed E-state index contributed by atoms with van der Waals surface area (Å²) < 4.78 is 14.1. The van der Waals surface area contributed by atoms with Crippen LogP contribution >= 0.6 is 15.9 Å². The Kier molecular flexibility index (Phi) is 6.21. The molecule has 0 saturated carbocycles. The van der Waals surface area contributed by atoms with Crippen LogP contribution in [0, 0.1) is 5.82 Å². The molecule has 0 heterocycles. The van der Waals surface area contributed by atoms with E-state index in [0.29, 0.717) is 23.2 Å². The number of benzene rings is 3. The Hall–Kier alpha value is -2.99. The minimum Gasteiger partial charge on any atom is -0.398 e. The van der Waals surface area contributed by atoms with E-state index in [-0.39, 0.29) is 23.8 Å². The third-order valence-corrected chi connectivity index (χ3v) is 4.82. The van der Waals surface area contributed by atoms with Gasteiger partial charge in [0.2, 0.25) is 0 Å². The maximum Gasteiger partial charge on any atom is 0.251 e. The number of ketones is 1. The van der Waals surface area contributed by atoms with E-state index in [0.717, 1.165) is 10.0 Å². The molecule has 4 nitrogen and oxygen atoms in total. The topological polar surface area (TPSA) is 72.2 Å². The summed E-state index contributed by atoms with van der Waals surface area (Å²) >= 11 is 3.37. The Morgan fingerprint density at radius 3 is 2.21 bits per heavy atom. The molecular weight excluding hydrogens is 423 g/mol. The molecule has 0 aliphatic rings. The highest BCUT2D eigenvalue weighted by Crippen LogP contribution is 2.17. The molecule has 6 heteroatoms. The third kappa shape index (κ3) is 5.04. The Bertz CT molecular complexity index is 1000. The van der Waals surface area contributed by atoms with E-state index in [4.69, 9.17) is 5.73 Å². The van der Waals surface area contributed by atoms with E-state index < -0.39 is 5.82 Å². The molecule has 3 rings (SSSR count). The molecule has 142 valence electrons. The minimum atomic E-state index is -0.438. The zero-order chi connectivity index (χ0) is 20.1. The van der Waals surface area contributed by atoms with Crippen molar-refractivity contribution in [3.8, 4) is 0 Å². The number of hydrogen-bond donors (Lipinski definition) is 2. The van der Waals surface area contributed by atoms with Crippen molar-refractivity contribution in [2.24, 2.45) is 0 Å². The maximum absolute atomic E-state index is 13.1. The van der Waals surface area contributed by atoms with Crippen molar-refractivity contribution in [1.82, 2.24) is 5.32 Å². The van der Waals surface area contributed by atoms with Crippen molar-refractivity contribution in [2.45, 2.75) is 13.0 Å². The first-order chi connectivity index (χ1) is 13.4. The highest BCUT2D eigenvalue weighted by atomic mass is 79.9. The number of halogens is 2. The van der Waals surface area contributed by atoms with E-state index in [1.807, 2.05) is 24.3 Å². The number of nitrogens with two attached hydrogens (primary N) is 1. The predicted molar refractivity (Wildman–Crippen MR) is 111 cm³/mol. The van der Waals surface area contributed by atoms with Crippen LogP contribution in [0.4, 0.5) is 10.1 Å². The number of nitrogens with one attached hydrogen (secondary N) is 1. The van der Waals surface area contributed by atoms with Crippen LogP contribution < -0.4 is 11.1 Å². The molecule has 0 saturated heterocycles. The number of nitrogen functional groups attached to an aromatic ring is 1. The highest BCUT2D eigenvalue weighted by molar-refractivity contribution is 9.10. The molecule has 3 N–H and O–H groups in total. The van der Waals surface area contributed by atoms with Crippen LogP contribution in [0.25, 0.3) is 0 Å². The summed E-state index contributed by atoms with van der Waals surface area (Å²) in [6.07, 6.45) is 0.0707. The fourth-order valence-corrected chi connectivity index (χ4v) is 2.96. The minimum absolute atomic E-state index is 0.0707. The monoisotopic (exact) mass is 440 g/mol. The quantitative estimate of drug-likeness (QED) is 0.436. The standard InChI is InChI=1S/C22H18BrFN2O2/c23-18-8-1-14(2-9-18)13-26-22(28)16-5-3-15(4-6-16)21(27)11-17-7-10-19(24)12-20(17)25/h1-10,12H,11,13,25H2,(H,26,28). The van der Waals surface area contributed by atoms with Crippen molar-refractivity contribution < 1.29 is 14.0 Å². The number of anilines is 1. The smallest absolute Gasteiger partial charge is 0.251 e. The number of Topliss-reactive ketones (excluding diaryl/α,β-unsaturated/α-hetero) is 1. The second kappa shape index (κ2) is 8.80. The highest BCUT2D eigenvalue weighted by Gasteiger charge is 2.12. The third-order valence-electron chi connectivity index (χ3n) is 4.29. The van der Waals surface area contributed by atoms with Crippen LogP contribution in [0.2, 0.25) is 0 Å². The Morgan fingerprint density at radius 2 is 1.57 bits per heavy atom. The van der Waals surface area contributed by atoms with Crippen molar-refractivity contribution in [1.29, 1.82) is 0 Å². The summed E-state index contributed by atoms with van der Waals surface area (Å²) in [6, 6.07) is 18.1. The van der Waals surface area contributed by atoms with Gasteiger partial charge in [0, 0.05) is 34.3 Å². The van der Waals surface area contributed by atoms with Gasteiger partial charge in [-0.15, -0.1) is 0 Å². The van der Waals surface area contributed by atoms with E-state index in [1.165, 1.54) is 18.2 Å². The molecular formula is C22H18BrFN2O2. The Balaban J connectivity index is 1.61. The predicted octanol–water partition coefficient (Wildman–Crippen LogP) is 4.53. The van der Waals surface area contributed by atoms with Crippen molar-refractivity contribution >= 4 is 33.3 Å². The average molecular weight is 441 g/mol. The van der Waals surface area contributed by atoms with Crippen molar-refractivity contribution in [3.05, 3.63) is 99.3 Å². The van der Waals surface area contributed by atoms with Gasteiger partial charge in [0.15, 0.2) is 5.78 Å². The lowest BCUT2D eigenvalue weighted by Gasteiger charge is -2.08. The molecule has 0 aliphatic heterocycles. The number of carbonyl (C=O) groups excluding carboxylic acids is 2. The largest absolute Gasteiger partial charge is 0.398 e. The van der Waals surface area contributed by atoms with Crippen LogP contribution in [-0.2, 0) is 13.0 Å². The summed E-state index contributed by atoms with van der Waals surface area (Å²) in [7, 11) is 0. The number of carbonyl (C=O) groups is 2.